The summed E-state index contributed by atoms with van der Waals surface area (Å²) in [4.78, 5) is 17.5. The van der Waals surface area contributed by atoms with Gasteiger partial charge >= 0.3 is 0 Å². The van der Waals surface area contributed by atoms with E-state index < -0.39 is 0 Å². The highest BCUT2D eigenvalue weighted by molar-refractivity contribution is 6.30. The molecule has 1 aromatic heterocycles. The topological polar surface area (TPSA) is 62.2 Å². The molecule has 2 N–H and O–H groups in total. The maximum Gasteiger partial charge on any atom is 0.278 e. The molecule has 0 spiro atoms. The van der Waals surface area contributed by atoms with Crippen LogP contribution in [0.15, 0.2) is 29.1 Å². The average molecular weight is 348 g/mol. The summed E-state index contributed by atoms with van der Waals surface area (Å²) in [5, 5.41) is 9.06. The zero-order valence-electron chi connectivity index (χ0n) is 14.1. The second-order valence-corrected chi connectivity index (χ2v) is 6.61. The maximum atomic E-state index is 12.8. The van der Waals surface area contributed by atoms with Gasteiger partial charge in [-0.15, -0.1) is 0 Å². The number of nitrogens with zero attached hydrogens (tertiary/aromatic N) is 3. The van der Waals surface area contributed by atoms with Crippen LogP contribution in [0, 0.1) is 0 Å². The van der Waals surface area contributed by atoms with Crippen LogP contribution in [0.4, 0.5) is 5.95 Å². The van der Waals surface area contributed by atoms with Crippen LogP contribution in [0.1, 0.15) is 29.8 Å². The Morgan fingerprint density at radius 2 is 2.04 bits per heavy atom. The molecular weight excluding hydrogens is 326 g/mol. The first-order chi connectivity index (χ1) is 11.5. The van der Waals surface area contributed by atoms with Crippen molar-refractivity contribution >= 4 is 17.5 Å². The molecule has 1 aromatic carbocycles. The highest BCUT2D eigenvalue weighted by atomic mass is 35.5. The predicted octanol–water partition coefficient (Wildman–Crippen LogP) is 1.91. The van der Waals surface area contributed by atoms with E-state index >= 15 is 0 Å². The summed E-state index contributed by atoms with van der Waals surface area (Å²) in [6.07, 6.45) is 0.767. The Bertz CT molecular complexity index is 785. The Morgan fingerprint density at radius 1 is 1.33 bits per heavy atom. The van der Waals surface area contributed by atoms with E-state index in [1.54, 1.807) is 9.69 Å². The number of halogens is 1. The van der Waals surface area contributed by atoms with E-state index in [4.69, 9.17) is 16.6 Å². The Labute approximate surface area is 146 Å². The lowest BCUT2D eigenvalue weighted by Gasteiger charge is -2.26. The number of rotatable bonds is 4. The minimum atomic E-state index is -0.0250. The molecule has 6 nitrogen and oxygen atoms in total. The summed E-state index contributed by atoms with van der Waals surface area (Å²) in [5.74, 6) is 0.563. The van der Waals surface area contributed by atoms with Crippen molar-refractivity contribution in [2.75, 3.05) is 31.0 Å². The summed E-state index contributed by atoms with van der Waals surface area (Å²) >= 11 is 5.95. The minimum absolute atomic E-state index is 0.000122. The van der Waals surface area contributed by atoms with Gasteiger partial charge in [0.1, 0.15) is 0 Å². The van der Waals surface area contributed by atoms with Crippen LogP contribution in [0.25, 0.3) is 0 Å². The van der Waals surface area contributed by atoms with Crippen LogP contribution in [-0.2, 0) is 13.0 Å². The van der Waals surface area contributed by atoms with Gasteiger partial charge in [0.25, 0.3) is 5.56 Å². The average Bonchev–Trinajstić information content (AvgIpc) is 2.55. The largest absolute Gasteiger partial charge is 0.348 e. The molecule has 1 aliphatic rings. The van der Waals surface area contributed by atoms with Gasteiger partial charge in [-0.2, -0.15) is 4.68 Å². The van der Waals surface area contributed by atoms with Crippen LogP contribution in [-0.4, -0.2) is 30.3 Å². The van der Waals surface area contributed by atoms with Crippen molar-refractivity contribution in [2.45, 2.75) is 25.9 Å². The van der Waals surface area contributed by atoms with Gasteiger partial charge in [0, 0.05) is 38.6 Å². The Kier molecular flexibility index (Phi) is 4.78. The normalized spacial score (nSPS) is 14.8. The molecule has 0 bridgehead atoms. The van der Waals surface area contributed by atoms with E-state index in [0.29, 0.717) is 17.5 Å². The van der Waals surface area contributed by atoms with Crippen molar-refractivity contribution in [3.63, 3.8) is 0 Å². The molecule has 24 heavy (non-hydrogen) atoms. The van der Waals surface area contributed by atoms with Crippen molar-refractivity contribution in [2.24, 2.45) is 0 Å². The standard InChI is InChI=1S/C17H22ClN5O/c1-11(12-4-6-13(18)7-5-12)20-17-21-15-8-9-19-10-14(15)16(24)23(17)22(2)3/h4-7,11,19H,8-10H2,1-3H3,(H,20,21). The molecular formula is C17H22ClN5O. The molecule has 2 aromatic rings. The molecule has 128 valence electrons. The van der Waals surface area contributed by atoms with E-state index in [0.717, 1.165) is 29.8 Å². The molecule has 2 heterocycles. The SMILES string of the molecule is CC(Nc1nc2c(c(=O)n1N(C)C)CNCC2)c1ccc(Cl)cc1. The summed E-state index contributed by atoms with van der Waals surface area (Å²) in [7, 11) is 3.67. The molecule has 1 atom stereocenters. The van der Waals surface area contributed by atoms with Crippen molar-refractivity contribution in [1.82, 2.24) is 15.0 Å². The molecule has 1 unspecified atom stereocenters. The fourth-order valence-corrected chi connectivity index (χ4v) is 3.01. The minimum Gasteiger partial charge on any atom is -0.348 e. The molecule has 0 amide bonds. The van der Waals surface area contributed by atoms with Gasteiger partial charge in [0.05, 0.1) is 17.3 Å². The fraction of sp³-hybridized carbons (Fsp3) is 0.412. The van der Waals surface area contributed by atoms with Crippen LogP contribution in [0.5, 0.6) is 0 Å². The number of fused-ring (bicyclic) bond motifs is 1. The quantitative estimate of drug-likeness (QED) is 0.884. The summed E-state index contributed by atoms with van der Waals surface area (Å²) in [6, 6.07) is 7.67. The molecule has 0 saturated carbocycles. The monoisotopic (exact) mass is 347 g/mol. The van der Waals surface area contributed by atoms with Gasteiger partial charge in [-0.3, -0.25) is 4.79 Å². The van der Waals surface area contributed by atoms with E-state index in [9.17, 15) is 4.79 Å². The van der Waals surface area contributed by atoms with Gasteiger partial charge in [0.2, 0.25) is 5.95 Å². The van der Waals surface area contributed by atoms with E-state index in [1.165, 1.54) is 0 Å². The molecule has 0 fully saturated rings. The smallest absolute Gasteiger partial charge is 0.278 e. The van der Waals surface area contributed by atoms with Gasteiger partial charge < -0.3 is 15.6 Å². The number of aromatic nitrogens is 2. The zero-order valence-corrected chi connectivity index (χ0v) is 14.9. The van der Waals surface area contributed by atoms with Crippen LogP contribution >= 0.6 is 11.6 Å². The molecule has 7 heteroatoms. The first-order valence-electron chi connectivity index (χ1n) is 8.02. The Hall–Kier alpha value is -2.05. The number of nitrogens with one attached hydrogen (secondary N) is 2. The highest BCUT2D eigenvalue weighted by Crippen LogP contribution is 2.20. The summed E-state index contributed by atoms with van der Waals surface area (Å²) in [5.41, 5.74) is 2.68. The van der Waals surface area contributed by atoms with Gasteiger partial charge in [-0.25, -0.2) is 4.98 Å². The molecule has 0 saturated heterocycles. The lowest BCUT2D eigenvalue weighted by atomic mass is 10.1. The van der Waals surface area contributed by atoms with Gasteiger partial charge in [-0.1, -0.05) is 23.7 Å². The lowest BCUT2D eigenvalue weighted by molar-refractivity contribution is 0.588. The molecule has 0 aliphatic carbocycles. The first kappa shape index (κ1) is 16.8. The van der Waals surface area contributed by atoms with Crippen molar-refractivity contribution in [3.05, 3.63) is 56.5 Å². The predicted molar refractivity (Wildman–Crippen MR) is 97.5 cm³/mol. The Morgan fingerprint density at radius 3 is 2.71 bits per heavy atom. The zero-order chi connectivity index (χ0) is 17.3. The lowest BCUT2D eigenvalue weighted by Crippen LogP contribution is -2.43. The Balaban J connectivity index is 1.98. The first-order valence-corrected chi connectivity index (χ1v) is 8.40. The second kappa shape index (κ2) is 6.83. The van der Waals surface area contributed by atoms with Crippen LogP contribution in [0.2, 0.25) is 5.02 Å². The fourth-order valence-electron chi connectivity index (χ4n) is 2.89. The summed E-state index contributed by atoms with van der Waals surface area (Å²) in [6.45, 7) is 3.45. The van der Waals surface area contributed by atoms with Crippen LogP contribution in [0.3, 0.4) is 0 Å². The number of anilines is 1. The third kappa shape index (κ3) is 3.25. The van der Waals surface area contributed by atoms with Crippen LogP contribution < -0.4 is 21.2 Å². The second-order valence-electron chi connectivity index (χ2n) is 6.17. The van der Waals surface area contributed by atoms with E-state index in [1.807, 2.05) is 45.3 Å². The third-order valence-electron chi connectivity index (χ3n) is 4.20. The van der Waals surface area contributed by atoms with Crippen molar-refractivity contribution in [3.8, 4) is 0 Å². The van der Waals surface area contributed by atoms with Crippen molar-refractivity contribution < 1.29 is 0 Å². The third-order valence-corrected chi connectivity index (χ3v) is 4.45. The number of hydrogen-bond acceptors (Lipinski definition) is 5. The van der Waals surface area contributed by atoms with E-state index in [2.05, 4.69) is 10.6 Å². The van der Waals surface area contributed by atoms with Gasteiger partial charge in [-0.05, 0) is 24.6 Å². The summed E-state index contributed by atoms with van der Waals surface area (Å²) < 4.78 is 1.58. The van der Waals surface area contributed by atoms with Gasteiger partial charge in [0.15, 0.2) is 0 Å². The number of benzene rings is 1. The van der Waals surface area contributed by atoms with E-state index in [-0.39, 0.29) is 11.6 Å². The maximum absolute atomic E-state index is 12.8. The van der Waals surface area contributed by atoms with Crippen molar-refractivity contribution in [1.29, 1.82) is 0 Å². The molecule has 1 aliphatic heterocycles. The number of hydrogen-bond donors (Lipinski definition) is 2. The highest BCUT2D eigenvalue weighted by Gasteiger charge is 2.21. The molecule has 3 rings (SSSR count). The molecule has 0 radical (unpaired) electrons.